The minimum atomic E-state index is -0.218. The first-order chi connectivity index (χ1) is 17.6. The third-order valence-corrected chi connectivity index (χ3v) is 6.06. The van der Waals surface area contributed by atoms with Crippen LogP contribution in [0.4, 0.5) is 0 Å². The van der Waals surface area contributed by atoms with E-state index in [1.165, 1.54) is 0 Å². The second-order valence-electron chi connectivity index (χ2n) is 7.80. The monoisotopic (exact) mass is 505 g/mol. The number of benzene rings is 3. The van der Waals surface area contributed by atoms with Gasteiger partial charge in [0, 0.05) is 30.1 Å². The van der Waals surface area contributed by atoms with Crippen LogP contribution < -0.4 is 24.3 Å². The third-order valence-electron chi connectivity index (χ3n) is 5.42. The Morgan fingerprint density at radius 2 is 1.56 bits per heavy atom. The number of hydrogen-bond donors (Lipinski definition) is 1. The molecule has 0 bridgehead atoms. The number of aromatic nitrogens is 2. The standard InChI is InChI=1S/C27H27N3O5S/c1-32-21-11-9-19(15-23(21)34-3)13-14-28-26(31)20-10-12-22(33-2)24(17-20)35-27-29-25(30-36-27)16-18-7-5-4-6-8-18/h4-12,15,17H,13-14,16H2,1-3H3,(H,28,31). The molecule has 0 aliphatic carbocycles. The maximum absolute atomic E-state index is 12.8. The van der Waals surface area contributed by atoms with Crippen molar-refractivity contribution in [3.05, 3.63) is 89.2 Å². The fourth-order valence-electron chi connectivity index (χ4n) is 3.58. The van der Waals surface area contributed by atoms with Crippen molar-refractivity contribution in [1.29, 1.82) is 0 Å². The molecule has 1 amide bonds. The number of carbonyl (C=O) groups excluding carboxylic acids is 1. The quantitative estimate of drug-likeness (QED) is 0.309. The number of methoxy groups -OCH3 is 3. The highest BCUT2D eigenvalue weighted by atomic mass is 32.1. The van der Waals surface area contributed by atoms with Crippen molar-refractivity contribution in [2.24, 2.45) is 0 Å². The van der Waals surface area contributed by atoms with Crippen LogP contribution in [0.5, 0.6) is 28.2 Å². The first kappa shape index (κ1) is 25.0. The average Bonchev–Trinajstić information content (AvgIpc) is 3.35. The van der Waals surface area contributed by atoms with Gasteiger partial charge < -0.3 is 24.3 Å². The molecule has 4 rings (SSSR count). The van der Waals surface area contributed by atoms with E-state index in [9.17, 15) is 4.79 Å². The van der Waals surface area contributed by atoms with Crippen LogP contribution in [0, 0.1) is 0 Å². The molecule has 1 N–H and O–H groups in total. The van der Waals surface area contributed by atoms with Crippen molar-refractivity contribution in [3.63, 3.8) is 0 Å². The van der Waals surface area contributed by atoms with E-state index >= 15 is 0 Å². The molecule has 186 valence electrons. The largest absolute Gasteiger partial charge is 0.493 e. The van der Waals surface area contributed by atoms with Gasteiger partial charge in [0.15, 0.2) is 28.8 Å². The summed E-state index contributed by atoms with van der Waals surface area (Å²) in [5.74, 6) is 2.67. The van der Waals surface area contributed by atoms with E-state index in [1.54, 1.807) is 39.5 Å². The van der Waals surface area contributed by atoms with Crippen molar-refractivity contribution < 1.29 is 23.7 Å². The molecular weight excluding hydrogens is 478 g/mol. The Kier molecular flexibility index (Phi) is 8.36. The normalized spacial score (nSPS) is 10.5. The number of nitrogens with zero attached hydrogens (tertiary/aromatic N) is 2. The maximum atomic E-state index is 12.8. The molecule has 0 saturated heterocycles. The fourth-order valence-corrected chi connectivity index (χ4v) is 4.14. The number of hydrogen-bond acceptors (Lipinski definition) is 8. The molecular formula is C27H27N3O5S. The van der Waals surface area contributed by atoms with Crippen LogP contribution in [-0.2, 0) is 12.8 Å². The molecule has 1 aromatic heterocycles. The van der Waals surface area contributed by atoms with Gasteiger partial charge in [0.1, 0.15) is 0 Å². The lowest BCUT2D eigenvalue weighted by molar-refractivity contribution is 0.0953. The van der Waals surface area contributed by atoms with Crippen LogP contribution in [0.1, 0.15) is 27.3 Å². The molecule has 1 heterocycles. The van der Waals surface area contributed by atoms with Crippen molar-refractivity contribution >= 4 is 17.4 Å². The van der Waals surface area contributed by atoms with E-state index in [2.05, 4.69) is 14.7 Å². The second kappa shape index (κ2) is 12.0. The van der Waals surface area contributed by atoms with Gasteiger partial charge in [0.2, 0.25) is 0 Å². The van der Waals surface area contributed by atoms with Gasteiger partial charge in [-0.1, -0.05) is 36.4 Å². The summed E-state index contributed by atoms with van der Waals surface area (Å²) in [6.45, 7) is 0.454. The summed E-state index contributed by atoms with van der Waals surface area (Å²) in [6.07, 6.45) is 1.25. The number of nitrogens with one attached hydrogen (secondary N) is 1. The van der Waals surface area contributed by atoms with Gasteiger partial charge in [-0.2, -0.15) is 9.36 Å². The van der Waals surface area contributed by atoms with Crippen LogP contribution >= 0.6 is 11.5 Å². The SMILES string of the molecule is COc1ccc(CCNC(=O)c2ccc(OC)c(Oc3nc(Cc4ccccc4)ns3)c2)cc1OC. The second-order valence-corrected chi connectivity index (χ2v) is 8.52. The highest BCUT2D eigenvalue weighted by Crippen LogP contribution is 2.33. The van der Waals surface area contributed by atoms with Crippen molar-refractivity contribution in [3.8, 4) is 28.2 Å². The van der Waals surface area contributed by atoms with E-state index < -0.39 is 0 Å². The molecule has 3 aromatic carbocycles. The number of amides is 1. The zero-order chi connectivity index (χ0) is 25.3. The van der Waals surface area contributed by atoms with E-state index in [0.29, 0.717) is 59.0 Å². The lowest BCUT2D eigenvalue weighted by Gasteiger charge is -2.11. The van der Waals surface area contributed by atoms with Crippen molar-refractivity contribution in [2.45, 2.75) is 12.8 Å². The lowest BCUT2D eigenvalue weighted by Crippen LogP contribution is -2.25. The molecule has 0 atom stereocenters. The number of carbonyl (C=O) groups is 1. The van der Waals surface area contributed by atoms with E-state index in [-0.39, 0.29) is 5.91 Å². The summed E-state index contributed by atoms with van der Waals surface area (Å²) >= 11 is 1.16. The van der Waals surface area contributed by atoms with Gasteiger partial charge in [-0.05, 0) is 47.9 Å². The molecule has 4 aromatic rings. The third kappa shape index (κ3) is 6.31. The summed E-state index contributed by atoms with van der Waals surface area (Å²) in [5.41, 5.74) is 2.59. The van der Waals surface area contributed by atoms with Gasteiger partial charge in [0.05, 0.1) is 21.3 Å². The van der Waals surface area contributed by atoms with Crippen LogP contribution in [0.3, 0.4) is 0 Å². The highest BCUT2D eigenvalue weighted by molar-refractivity contribution is 7.07. The molecule has 0 radical (unpaired) electrons. The summed E-state index contributed by atoms with van der Waals surface area (Å²) in [4.78, 5) is 17.3. The minimum absolute atomic E-state index is 0.218. The van der Waals surface area contributed by atoms with Crippen LogP contribution in [0.15, 0.2) is 66.7 Å². The minimum Gasteiger partial charge on any atom is -0.493 e. The van der Waals surface area contributed by atoms with Gasteiger partial charge in [0.25, 0.3) is 11.1 Å². The zero-order valence-electron chi connectivity index (χ0n) is 20.3. The van der Waals surface area contributed by atoms with Gasteiger partial charge in [-0.3, -0.25) is 4.79 Å². The maximum Gasteiger partial charge on any atom is 0.298 e. The Hall–Kier alpha value is -4.11. The van der Waals surface area contributed by atoms with Crippen LogP contribution in [-0.4, -0.2) is 43.1 Å². The lowest BCUT2D eigenvalue weighted by atomic mass is 10.1. The Bertz CT molecular complexity index is 1310. The van der Waals surface area contributed by atoms with Crippen LogP contribution in [0.2, 0.25) is 0 Å². The Labute approximate surface area is 214 Å². The molecule has 0 aliphatic rings. The molecule has 0 spiro atoms. The zero-order valence-corrected chi connectivity index (χ0v) is 21.1. The van der Waals surface area contributed by atoms with Crippen molar-refractivity contribution in [1.82, 2.24) is 14.7 Å². The highest BCUT2D eigenvalue weighted by Gasteiger charge is 2.15. The Morgan fingerprint density at radius 1 is 0.833 bits per heavy atom. The first-order valence-corrected chi connectivity index (χ1v) is 12.1. The molecule has 0 fully saturated rings. The summed E-state index contributed by atoms with van der Waals surface area (Å²) in [5, 5.41) is 3.32. The van der Waals surface area contributed by atoms with Gasteiger partial charge >= 0.3 is 0 Å². The molecule has 0 saturated carbocycles. The number of ether oxygens (including phenoxy) is 4. The van der Waals surface area contributed by atoms with E-state index in [0.717, 1.165) is 22.7 Å². The molecule has 8 nitrogen and oxygen atoms in total. The predicted molar refractivity (Wildman–Crippen MR) is 138 cm³/mol. The fraction of sp³-hybridized carbons (Fsp3) is 0.222. The smallest absolute Gasteiger partial charge is 0.298 e. The predicted octanol–water partition coefficient (Wildman–Crippen LogP) is 4.92. The van der Waals surface area contributed by atoms with E-state index in [1.807, 2.05) is 48.5 Å². The van der Waals surface area contributed by atoms with Gasteiger partial charge in [-0.15, -0.1) is 0 Å². The first-order valence-electron chi connectivity index (χ1n) is 11.3. The molecule has 0 aliphatic heterocycles. The topological polar surface area (TPSA) is 91.8 Å². The molecule has 36 heavy (non-hydrogen) atoms. The average molecular weight is 506 g/mol. The Morgan fingerprint density at radius 3 is 2.31 bits per heavy atom. The van der Waals surface area contributed by atoms with Gasteiger partial charge in [-0.25, -0.2) is 0 Å². The van der Waals surface area contributed by atoms with E-state index in [4.69, 9.17) is 18.9 Å². The summed E-state index contributed by atoms with van der Waals surface area (Å²) in [7, 11) is 4.74. The summed E-state index contributed by atoms with van der Waals surface area (Å²) < 4.78 is 26.3. The number of rotatable bonds is 11. The van der Waals surface area contributed by atoms with Crippen LogP contribution in [0.25, 0.3) is 0 Å². The van der Waals surface area contributed by atoms with Crippen molar-refractivity contribution in [2.75, 3.05) is 27.9 Å². The molecule has 0 unspecified atom stereocenters. The Balaban J connectivity index is 1.39. The summed E-state index contributed by atoms with van der Waals surface area (Å²) in [6, 6.07) is 20.7. The molecule has 9 heteroatoms.